The number of aliphatic hydroxyl groups is 1. The molecule has 0 bridgehead atoms. The quantitative estimate of drug-likeness (QED) is 0.627. The third-order valence-corrected chi connectivity index (χ3v) is 7.60. The molecule has 7 nitrogen and oxygen atoms in total. The Kier molecular flexibility index (Phi) is 6.69. The van der Waals surface area contributed by atoms with Crippen LogP contribution in [0.1, 0.15) is 57.1 Å². The van der Waals surface area contributed by atoms with Gasteiger partial charge in [-0.2, -0.15) is 0 Å². The van der Waals surface area contributed by atoms with Gasteiger partial charge in [0.1, 0.15) is 17.5 Å². The molecule has 2 heterocycles. The molecule has 1 aromatic rings. The summed E-state index contributed by atoms with van der Waals surface area (Å²) in [4.78, 5) is 29.5. The van der Waals surface area contributed by atoms with E-state index in [4.69, 9.17) is 0 Å². The predicted molar refractivity (Wildman–Crippen MR) is 125 cm³/mol. The van der Waals surface area contributed by atoms with Crippen molar-refractivity contribution in [2.45, 2.75) is 89.1 Å². The normalized spacial score (nSPS) is 27.7. The maximum atomic E-state index is 14.2. The predicted octanol–water partition coefficient (Wildman–Crippen LogP) is 2.20. The lowest BCUT2D eigenvalue weighted by molar-refractivity contribution is -0.148. The van der Waals surface area contributed by atoms with Crippen LogP contribution in [0.3, 0.4) is 0 Å². The molecule has 4 rings (SSSR count). The molecule has 182 valence electrons. The minimum Gasteiger partial charge on any atom is -0.381 e. The molecule has 2 fully saturated rings. The van der Waals surface area contributed by atoms with Crippen LogP contribution in [0.15, 0.2) is 12.1 Å². The fourth-order valence-electron chi connectivity index (χ4n) is 5.67. The first kappa shape index (κ1) is 24.0. The minimum absolute atomic E-state index is 0.0644. The number of carbonyl (C=O) groups excluding carboxylic acids is 2. The number of carbonyl (C=O) groups is 2. The summed E-state index contributed by atoms with van der Waals surface area (Å²) in [7, 11) is 1.77. The zero-order valence-electron chi connectivity index (χ0n) is 20.2. The molecular formula is C25H37FN4O3. The lowest BCUT2D eigenvalue weighted by Gasteiger charge is -2.36. The summed E-state index contributed by atoms with van der Waals surface area (Å²) in [6.45, 7) is 6.69. The number of likely N-dealkylation sites (N-methyl/N-ethyl adjacent to an activating group) is 1. The standard InChI is InChI=1S/C25H37FN4O3/c1-15-8-9-20(26)19-13-21(28-22(15)19)23(31)27-16-6-5-7-17(12-16)30-11-10-18(14-30)29(4)24(32)25(2,3)33/h8-9,16-18,21,28,33H,5-7,10-14H2,1-4H3,(H,27,31)/t16-,17?,18+,21?/m1/s1. The average Bonchev–Trinajstić information content (AvgIpc) is 3.43. The van der Waals surface area contributed by atoms with Crippen molar-refractivity contribution in [2.75, 3.05) is 25.5 Å². The van der Waals surface area contributed by atoms with Crippen molar-refractivity contribution in [3.63, 3.8) is 0 Å². The number of benzene rings is 1. The van der Waals surface area contributed by atoms with E-state index in [-0.39, 0.29) is 29.7 Å². The molecule has 3 aliphatic rings. The van der Waals surface area contributed by atoms with E-state index in [0.29, 0.717) is 18.0 Å². The van der Waals surface area contributed by atoms with Crippen LogP contribution in [-0.2, 0) is 16.0 Å². The maximum absolute atomic E-state index is 14.2. The Morgan fingerprint density at radius 3 is 2.73 bits per heavy atom. The van der Waals surface area contributed by atoms with Gasteiger partial charge in [0.25, 0.3) is 5.91 Å². The summed E-state index contributed by atoms with van der Waals surface area (Å²) < 4.78 is 14.2. The molecule has 2 aliphatic heterocycles. The molecule has 0 spiro atoms. The molecule has 2 amide bonds. The number of aryl methyl sites for hydroxylation is 1. The molecule has 0 aromatic heterocycles. The summed E-state index contributed by atoms with van der Waals surface area (Å²) in [5.74, 6) is -0.571. The Morgan fingerprint density at radius 1 is 1.27 bits per heavy atom. The van der Waals surface area contributed by atoms with E-state index >= 15 is 0 Å². The smallest absolute Gasteiger partial charge is 0.253 e. The molecule has 1 saturated heterocycles. The third-order valence-electron chi connectivity index (χ3n) is 7.60. The number of amides is 2. The van der Waals surface area contributed by atoms with Crippen LogP contribution in [0.25, 0.3) is 0 Å². The first-order valence-electron chi connectivity index (χ1n) is 12.1. The molecule has 2 unspecified atom stereocenters. The molecule has 1 aliphatic carbocycles. The van der Waals surface area contributed by atoms with Crippen LogP contribution in [0.2, 0.25) is 0 Å². The molecule has 8 heteroatoms. The van der Waals surface area contributed by atoms with E-state index in [9.17, 15) is 19.1 Å². The Morgan fingerprint density at radius 2 is 2.03 bits per heavy atom. The van der Waals surface area contributed by atoms with Crippen molar-refractivity contribution in [1.29, 1.82) is 0 Å². The second kappa shape index (κ2) is 9.22. The van der Waals surface area contributed by atoms with Gasteiger partial charge in [-0.25, -0.2) is 4.39 Å². The summed E-state index contributed by atoms with van der Waals surface area (Å²) in [5, 5.41) is 16.5. The highest BCUT2D eigenvalue weighted by atomic mass is 19.1. The zero-order valence-corrected chi connectivity index (χ0v) is 20.2. The molecule has 4 atom stereocenters. The van der Waals surface area contributed by atoms with Gasteiger partial charge in [0.2, 0.25) is 5.91 Å². The van der Waals surface area contributed by atoms with Crippen LogP contribution in [0.4, 0.5) is 10.1 Å². The van der Waals surface area contributed by atoms with Gasteiger partial charge in [0, 0.05) is 55.9 Å². The van der Waals surface area contributed by atoms with Crippen LogP contribution < -0.4 is 10.6 Å². The molecule has 0 radical (unpaired) electrons. The van der Waals surface area contributed by atoms with Gasteiger partial charge in [-0.15, -0.1) is 0 Å². The summed E-state index contributed by atoms with van der Waals surface area (Å²) in [6.07, 6.45) is 5.22. The molecular weight excluding hydrogens is 423 g/mol. The Balaban J connectivity index is 1.31. The van der Waals surface area contributed by atoms with Gasteiger partial charge in [-0.05, 0) is 64.5 Å². The Hall–Kier alpha value is -2.19. The lowest BCUT2D eigenvalue weighted by Crippen LogP contribution is -2.50. The van der Waals surface area contributed by atoms with Gasteiger partial charge >= 0.3 is 0 Å². The lowest BCUT2D eigenvalue weighted by atomic mass is 9.89. The number of nitrogens with one attached hydrogen (secondary N) is 2. The minimum atomic E-state index is -1.36. The summed E-state index contributed by atoms with van der Waals surface area (Å²) >= 11 is 0. The monoisotopic (exact) mass is 460 g/mol. The van der Waals surface area contributed by atoms with Crippen LogP contribution in [0, 0.1) is 12.7 Å². The van der Waals surface area contributed by atoms with Gasteiger partial charge in [-0.3, -0.25) is 14.5 Å². The fourth-order valence-corrected chi connectivity index (χ4v) is 5.67. The number of halogens is 1. The molecule has 3 N–H and O–H groups in total. The van der Waals surface area contributed by atoms with E-state index in [1.165, 1.54) is 19.9 Å². The topological polar surface area (TPSA) is 84.9 Å². The first-order chi connectivity index (χ1) is 15.5. The number of hydrogen-bond donors (Lipinski definition) is 3. The van der Waals surface area contributed by atoms with Gasteiger partial charge in [-0.1, -0.05) is 6.07 Å². The van der Waals surface area contributed by atoms with Gasteiger partial charge < -0.3 is 20.6 Å². The van der Waals surface area contributed by atoms with Crippen molar-refractivity contribution in [3.05, 3.63) is 29.1 Å². The SMILES string of the molecule is Cc1ccc(F)c2c1NC(C(=O)N[C@@H]1CCCC(N3CC[C@H](N(C)C(=O)C(C)(C)O)C3)C1)C2. The van der Waals surface area contributed by atoms with E-state index in [1.54, 1.807) is 18.0 Å². The number of fused-ring (bicyclic) bond motifs is 1. The molecule has 1 aromatic carbocycles. The molecule has 33 heavy (non-hydrogen) atoms. The van der Waals surface area contributed by atoms with Crippen molar-refractivity contribution < 1.29 is 19.1 Å². The highest BCUT2D eigenvalue weighted by Gasteiger charge is 2.38. The van der Waals surface area contributed by atoms with Gasteiger partial charge in [0.15, 0.2) is 0 Å². The van der Waals surface area contributed by atoms with Crippen LogP contribution in [-0.4, -0.2) is 76.6 Å². The Bertz CT molecular complexity index is 885. The van der Waals surface area contributed by atoms with Crippen molar-refractivity contribution in [3.8, 4) is 0 Å². The van der Waals surface area contributed by atoms with Crippen molar-refractivity contribution >= 4 is 17.5 Å². The Labute approximate surface area is 195 Å². The van der Waals surface area contributed by atoms with Crippen molar-refractivity contribution in [1.82, 2.24) is 15.1 Å². The number of rotatable bonds is 5. The van der Waals surface area contributed by atoms with E-state index < -0.39 is 11.6 Å². The van der Waals surface area contributed by atoms with Crippen LogP contribution >= 0.6 is 0 Å². The fraction of sp³-hybridized carbons (Fsp3) is 0.680. The highest BCUT2D eigenvalue weighted by molar-refractivity contribution is 5.88. The van der Waals surface area contributed by atoms with Crippen molar-refractivity contribution in [2.24, 2.45) is 0 Å². The van der Waals surface area contributed by atoms with Crippen LogP contribution in [0.5, 0.6) is 0 Å². The number of nitrogens with zero attached hydrogens (tertiary/aromatic N) is 2. The van der Waals surface area contributed by atoms with E-state index in [2.05, 4.69) is 15.5 Å². The number of anilines is 1. The third kappa shape index (κ3) is 5.01. The second-order valence-electron chi connectivity index (χ2n) is 10.6. The molecule has 1 saturated carbocycles. The van der Waals surface area contributed by atoms with Gasteiger partial charge in [0.05, 0.1) is 0 Å². The second-order valence-corrected chi connectivity index (χ2v) is 10.6. The number of hydrogen-bond acceptors (Lipinski definition) is 5. The number of likely N-dealkylation sites (tertiary alicyclic amines) is 1. The highest BCUT2D eigenvalue weighted by Crippen LogP contribution is 2.32. The first-order valence-corrected chi connectivity index (χ1v) is 12.1. The maximum Gasteiger partial charge on any atom is 0.253 e. The average molecular weight is 461 g/mol. The van der Waals surface area contributed by atoms with E-state index in [0.717, 1.165) is 56.4 Å². The summed E-state index contributed by atoms with van der Waals surface area (Å²) in [5.41, 5.74) is 0.947. The summed E-state index contributed by atoms with van der Waals surface area (Å²) in [6, 6.07) is 3.34. The van der Waals surface area contributed by atoms with E-state index in [1.807, 2.05) is 6.92 Å². The zero-order chi connectivity index (χ0) is 23.9. The largest absolute Gasteiger partial charge is 0.381 e.